The fourth-order valence-electron chi connectivity index (χ4n) is 4.36. The van der Waals surface area contributed by atoms with E-state index in [-0.39, 0.29) is 28.3 Å². The van der Waals surface area contributed by atoms with Crippen molar-refractivity contribution in [2.45, 2.75) is 50.3 Å². The molecule has 0 spiro atoms. The molecule has 0 saturated heterocycles. The number of hydrogen-bond donors (Lipinski definition) is 3. The van der Waals surface area contributed by atoms with Crippen LogP contribution in [0.15, 0.2) is 35.3 Å². The molecular weight excluding hydrogens is 433 g/mol. The van der Waals surface area contributed by atoms with E-state index in [1.165, 1.54) is 25.3 Å². The van der Waals surface area contributed by atoms with E-state index < -0.39 is 23.6 Å². The van der Waals surface area contributed by atoms with Crippen LogP contribution in [-0.4, -0.2) is 39.9 Å². The van der Waals surface area contributed by atoms with E-state index in [1.807, 2.05) is 0 Å². The van der Waals surface area contributed by atoms with Crippen LogP contribution >= 0.6 is 11.6 Å². The SMILES string of the molecule is CC(O)(Cc1cc2cc(=O)[nH]cc2[nH]1)C(F)C(C)(c1cc(Cl)cc2c1OCC2)C(F)F. The van der Waals surface area contributed by atoms with E-state index >= 15 is 4.39 Å². The number of pyridine rings is 1. The van der Waals surface area contributed by atoms with Crippen molar-refractivity contribution in [3.63, 3.8) is 0 Å². The van der Waals surface area contributed by atoms with Crippen LogP contribution in [0.25, 0.3) is 10.9 Å². The van der Waals surface area contributed by atoms with Gasteiger partial charge in [0.1, 0.15) is 11.9 Å². The molecule has 1 aliphatic heterocycles. The molecule has 3 atom stereocenters. The molecule has 4 rings (SSSR count). The second-order valence-electron chi connectivity index (χ2n) is 8.48. The summed E-state index contributed by atoms with van der Waals surface area (Å²) in [6.07, 6.45) is -3.83. The first-order valence-corrected chi connectivity index (χ1v) is 10.2. The van der Waals surface area contributed by atoms with Crippen LogP contribution < -0.4 is 10.3 Å². The molecule has 166 valence electrons. The summed E-state index contributed by atoms with van der Waals surface area (Å²) in [6.45, 7) is 2.55. The van der Waals surface area contributed by atoms with Crippen LogP contribution in [0.1, 0.15) is 30.7 Å². The van der Waals surface area contributed by atoms with Gasteiger partial charge in [0.2, 0.25) is 5.56 Å². The second-order valence-corrected chi connectivity index (χ2v) is 8.92. The lowest BCUT2D eigenvalue weighted by atomic mass is 9.70. The number of halogens is 4. The molecule has 3 heterocycles. The lowest BCUT2D eigenvalue weighted by molar-refractivity contribution is -0.0947. The van der Waals surface area contributed by atoms with Gasteiger partial charge in [-0.15, -0.1) is 0 Å². The molecule has 0 bridgehead atoms. The molecule has 0 radical (unpaired) electrons. The first kappa shape index (κ1) is 21.8. The number of fused-ring (bicyclic) bond motifs is 2. The lowest BCUT2D eigenvalue weighted by Gasteiger charge is -2.40. The topological polar surface area (TPSA) is 78.1 Å². The molecule has 3 aromatic rings. The number of aromatic nitrogens is 2. The quantitative estimate of drug-likeness (QED) is 0.519. The van der Waals surface area contributed by atoms with Gasteiger partial charge in [0, 0.05) is 46.8 Å². The minimum atomic E-state index is -3.14. The standard InChI is InChI=1S/C22H22ClF3N2O3/c1-21(30,9-14-6-12-7-17(29)27-10-16(12)28-14)19(24)22(2,20(25)26)15-8-13(23)5-11-3-4-31-18(11)15/h5-8,10,19-20,28,30H,3-4,9H2,1-2H3,(H,27,29). The summed E-state index contributed by atoms with van der Waals surface area (Å²) in [5.74, 6) is 0.203. The van der Waals surface area contributed by atoms with Crippen molar-refractivity contribution in [3.8, 4) is 5.75 Å². The maximum Gasteiger partial charge on any atom is 0.250 e. The van der Waals surface area contributed by atoms with E-state index in [9.17, 15) is 18.7 Å². The van der Waals surface area contributed by atoms with Gasteiger partial charge in [-0.05, 0) is 37.6 Å². The third-order valence-corrected chi connectivity index (χ3v) is 6.20. The van der Waals surface area contributed by atoms with Gasteiger partial charge in [0.15, 0.2) is 0 Å². The Hall–Kier alpha value is -2.45. The zero-order chi connectivity index (χ0) is 22.6. The Bertz CT molecular complexity index is 1190. The van der Waals surface area contributed by atoms with Crippen LogP contribution in [0.5, 0.6) is 5.75 Å². The van der Waals surface area contributed by atoms with Crippen molar-refractivity contribution in [1.29, 1.82) is 0 Å². The van der Waals surface area contributed by atoms with E-state index in [0.717, 1.165) is 6.92 Å². The number of aromatic amines is 2. The fourth-order valence-corrected chi connectivity index (χ4v) is 4.60. The molecule has 9 heteroatoms. The minimum Gasteiger partial charge on any atom is -0.493 e. The lowest BCUT2D eigenvalue weighted by Crippen LogP contribution is -2.54. The average molecular weight is 455 g/mol. The highest BCUT2D eigenvalue weighted by Gasteiger charge is 2.54. The van der Waals surface area contributed by atoms with Crippen molar-refractivity contribution in [2.24, 2.45) is 0 Å². The van der Waals surface area contributed by atoms with E-state index in [2.05, 4.69) is 9.97 Å². The highest BCUT2D eigenvalue weighted by molar-refractivity contribution is 6.30. The summed E-state index contributed by atoms with van der Waals surface area (Å²) in [7, 11) is 0. The summed E-state index contributed by atoms with van der Waals surface area (Å²) in [6, 6.07) is 5.85. The van der Waals surface area contributed by atoms with Crippen molar-refractivity contribution in [3.05, 3.63) is 62.7 Å². The molecule has 0 amide bonds. The van der Waals surface area contributed by atoms with E-state index in [0.29, 0.717) is 35.2 Å². The first-order valence-electron chi connectivity index (χ1n) is 9.83. The average Bonchev–Trinajstić information content (AvgIpc) is 3.31. The van der Waals surface area contributed by atoms with Crippen LogP contribution in [0, 0.1) is 0 Å². The van der Waals surface area contributed by atoms with Gasteiger partial charge in [0.05, 0.1) is 23.1 Å². The Morgan fingerprint density at radius 3 is 2.68 bits per heavy atom. The Balaban J connectivity index is 1.73. The minimum absolute atomic E-state index is 0.0579. The van der Waals surface area contributed by atoms with Crippen molar-refractivity contribution >= 4 is 22.5 Å². The fraction of sp³-hybridized carbons (Fsp3) is 0.409. The molecular formula is C22H22ClF3N2O3. The van der Waals surface area contributed by atoms with Gasteiger partial charge in [-0.1, -0.05) is 11.6 Å². The van der Waals surface area contributed by atoms with Crippen LogP contribution in [0.3, 0.4) is 0 Å². The van der Waals surface area contributed by atoms with Gasteiger partial charge in [-0.25, -0.2) is 13.2 Å². The number of ether oxygens (including phenoxy) is 1. The third-order valence-electron chi connectivity index (χ3n) is 5.98. The number of benzene rings is 1. The Labute approximate surface area is 181 Å². The molecule has 1 aromatic carbocycles. The van der Waals surface area contributed by atoms with Crippen molar-refractivity contribution in [2.75, 3.05) is 6.61 Å². The Morgan fingerprint density at radius 1 is 1.23 bits per heavy atom. The van der Waals surface area contributed by atoms with Gasteiger partial charge in [-0.2, -0.15) is 0 Å². The molecule has 1 aliphatic rings. The number of rotatable bonds is 6. The van der Waals surface area contributed by atoms with Gasteiger partial charge < -0.3 is 19.8 Å². The summed E-state index contributed by atoms with van der Waals surface area (Å²) < 4.78 is 50.2. The molecule has 0 aliphatic carbocycles. The predicted molar refractivity (Wildman–Crippen MR) is 112 cm³/mol. The predicted octanol–water partition coefficient (Wildman–Crippen LogP) is 4.30. The Kier molecular flexibility index (Phi) is 5.34. The van der Waals surface area contributed by atoms with E-state index in [4.69, 9.17) is 16.3 Å². The maximum absolute atomic E-state index is 15.9. The van der Waals surface area contributed by atoms with Gasteiger partial charge in [0.25, 0.3) is 6.43 Å². The molecule has 31 heavy (non-hydrogen) atoms. The zero-order valence-electron chi connectivity index (χ0n) is 16.9. The molecule has 0 saturated carbocycles. The summed E-state index contributed by atoms with van der Waals surface area (Å²) >= 11 is 6.13. The molecule has 3 unspecified atom stereocenters. The first-order chi connectivity index (χ1) is 14.5. The van der Waals surface area contributed by atoms with Crippen LogP contribution in [-0.2, 0) is 18.3 Å². The molecule has 5 nitrogen and oxygen atoms in total. The highest BCUT2D eigenvalue weighted by Crippen LogP contribution is 2.48. The second kappa shape index (κ2) is 7.60. The monoisotopic (exact) mass is 454 g/mol. The number of nitrogens with one attached hydrogen (secondary N) is 2. The van der Waals surface area contributed by atoms with E-state index in [1.54, 1.807) is 12.1 Å². The number of H-pyrrole nitrogens is 2. The van der Waals surface area contributed by atoms with Crippen LogP contribution in [0.2, 0.25) is 5.02 Å². The van der Waals surface area contributed by atoms with Gasteiger partial charge in [-0.3, -0.25) is 4.79 Å². The number of aliphatic hydroxyl groups is 1. The smallest absolute Gasteiger partial charge is 0.250 e. The third kappa shape index (κ3) is 3.72. The molecule has 2 aromatic heterocycles. The Morgan fingerprint density at radius 2 is 1.97 bits per heavy atom. The summed E-state index contributed by atoms with van der Waals surface area (Å²) in [5.41, 5.74) is -3.27. The normalized spacial score (nSPS) is 18.5. The highest BCUT2D eigenvalue weighted by atomic mass is 35.5. The maximum atomic E-state index is 15.9. The molecule has 3 N–H and O–H groups in total. The summed E-state index contributed by atoms with van der Waals surface area (Å²) in [5, 5.41) is 11.8. The van der Waals surface area contributed by atoms with Crippen molar-refractivity contribution in [1.82, 2.24) is 9.97 Å². The zero-order valence-corrected chi connectivity index (χ0v) is 17.7. The van der Waals surface area contributed by atoms with Crippen LogP contribution in [0.4, 0.5) is 13.2 Å². The van der Waals surface area contributed by atoms with Gasteiger partial charge >= 0.3 is 0 Å². The largest absolute Gasteiger partial charge is 0.493 e. The van der Waals surface area contributed by atoms with Crippen molar-refractivity contribution < 1.29 is 23.0 Å². The number of alkyl halides is 3. The number of hydrogen-bond acceptors (Lipinski definition) is 3. The summed E-state index contributed by atoms with van der Waals surface area (Å²) in [4.78, 5) is 17.0. The molecule has 0 fully saturated rings.